The molecule has 0 amide bonds. The van der Waals surface area contributed by atoms with Crippen LogP contribution in [0.25, 0.3) is 0 Å². The molecular weight excluding hydrogens is 2020 g/mol. The van der Waals surface area contributed by atoms with Gasteiger partial charge in [0.25, 0.3) is 0 Å². The van der Waals surface area contributed by atoms with Gasteiger partial charge >= 0.3 is 47.8 Å². The van der Waals surface area contributed by atoms with Gasteiger partial charge in [-0.1, -0.05) is 231 Å². The van der Waals surface area contributed by atoms with Crippen molar-refractivity contribution in [2.75, 3.05) is 21.3 Å². The second-order valence-electron chi connectivity index (χ2n) is 26.0. The van der Waals surface area contributed by atoms with E-state index in [0.717, 1.165) is 22.3 Å². The van der Waals surface area contributed by atoms with E-state index in [9.17, 15) is 78.0 Å². The molecule has 0 fully saturated rings. The lowest BCUT2D eigenvalue weighted by Gasteiger charge is -2.31. The lowest BCUT2D eigenvalue weighted by Crippen LogP contribution is -2.34. The summed E-state index contributed by atoms with van der Waals surface area (Å²) < 4.78 is 39.8. The zero-order valence-corrected chi connectivity index (χ0v) is 75.0. The molecule has 0 bridgehead atoms. The number of carboxylic acids is 4. The molecule has 0 N–H and O–H groups in total. The van der Waals surface area contributed by atoms with E-state index in [-0.39, 0.29) is 47.0 Å². The van der Waals surface area contributed by atoms with E-state index in [1.54, 1.807) is 243 Å². The number of rotatable bonds is 32. The molecule has 2 unspecified atom stereocenters. The van der Waals surface area contributed by atoms with Gasteiger partial charge in [0.15, 0.2) is 0 Å². The van der Waals surface area contributed by atoms with Crippen molar-refractivity contribution in [3.05, 3.63) is 239 Å². The number of carbonyl (C=O) groups is 12. The largest absolute Gasteiger partial charge is 0.550 e. The minimum atomic E-state index is -1.20. The van der Waals surface area contributed by atoms with E-state index in [2.05, 4.69) is 127 Å². The number of carbonyl (C=O) groups excluding carboxylic acids is 12. The van der Waals surface area contributed by atoms with Crippen LogP contribution in [-0.4, -0.2) is 111 Å². The molecule has 2 atom stereocenters. The minimum Gasteiger partial charge on any atom is -0.550 e. The van der Waals surface area contributed by atoms with Gasteiger partial charge in [-0.2, -0.15) is 0 Å². The first-order chi connectivity index (χ1) is 54.1. The zero-order valence-electron chi connectivity index (χ0n) is 62.3. The third-order valence-corrected chi connectivity index (χ3v) is 19.4. The number of hydrogen-bond donors (Lipinski definition) is 0. The monoisotopic (exact) mass is 2090 g/mol. The van der Waals surface area contributed by atoms with E-state index in [1.165, 1.54) is 0 Å². The number of hydrogen-bond acceptors (Lipinski definition) is 24. The van der Waals surface area contributed by atoms with E-state index in [0.29, 0.717) is 68.2 Å². The smallest absolute Gasteiger partial charge is 0.327 e. The average molecular weight is 2090 g/mol. The van der Waals surface area contributed by atoms with Crippen LogP contribution in [0.1, 0.15) is 136 Å². The van der Waals surface area contributed by atoms with E-state index >= 15 is 0 Å². The highest BCUT2D eigenvalue weighted by Gasteiger charge is 2.31. The van der Waals surface area contributed by atoms with Crippen LogP contribution in [0.2, 0.25) is 0 Å². The predicted molar refractivity (Wildman–Crippen MR) is 445 cm³/mol. The number of halogens is 8. The lowest BCUT2D eigenvalue weighted by atomic mass is 9.74. The van der Waals surface area contributed by atoms with Gasteiger partial charge in [-0.25, -0.2) is 0 Å². The molecule has 8 aromatic carbocycles. The van der Waals surface area contributed by atoms with Crippen molar-refractivity contribution in [2.24, 2.45) is 0 Å². The fraction of sp³-hybridized carbons (Fsp3) is 0.277. The first kappa shape index (κ1) is 96.8. The third-order valence-electron chi connectivity index (χ3n) is 16.1. The summed E-state index contributed by atoms with van der Waals surface area (Å²) in [6, 6.07) is 53.0. The van der Waals surface area contributed by atoms with Gasteiger partial charge in [0.2, 0.25) is 0 Å². The summed E-state index contributed by atoms with van der Waals surface area (Å²) in [5, 5.41) is 45.5. The Bertz CT molecular complexity index is 4360. The lowest BCUT2D eigenvalue weighted by molar-refractivity contribution is -0.308. The van der Waals surface area contributed by atoms with Crippen molar-refractivity contribution in [1.29, 1.82) is 0 Å². The molecule has 0 saturated carbocycles. The first-order valence-corrected chi connectivity index (χ1v) is 42.3. The fourth-order valence-corrected chi connectivity index (χ4v) is 11.1. The molecule has 0 aromatic heterocycles. The Balaban J connectivity index is 0.000000274. The van der Waals surface area contributed by atoms with Gasteiger partial charge in [-0.3, -0.25) is 38.4 Å². The quantitative estimate of drug-likeness (QED) is 0.0215. The summed E-state index contributed by atoms with van der Waals surface area (Å²) in [6.07, 6.45) is -0.939. The van der Waals surface area contributed by atoms with E-state index < -0.39 is 113 Å². The highest BCUT2D eigenvalue weighted by Crippen LogP contribution is 2.39. The minimum absolute atomic E-state index is 0.0726. The summed E-state index contributed by atoms with van der Waals surface area (Å²) in [6.45, 7) is 11.8. The Morgan fingerprint density at radius 2 is 0.478 bits per heavy atom. The van der Waals surface area contributed by atoms with Gasteiger partial charge in [0.1, 0.15) is 85.6 Å². The second-order valence-corrected chi connectivity index (χ2v) is 34.9. The van der Waals surface area contributed by atoms with Gasteiger partial charge in [0, 0.05) is 53.5 Å². The van der Waals surface area contributed by atoms with Crippen LogP contribution in [0.5, 0.6) is 46.0 Å². The molecule has 610 valence electrons. The molecule has 0 aliphatic rings. The molecule has 0 heterocycles. The molecule has 115 heavy (non-hydrogen) atoms. The summed E-state index contributed by atoms with van der Waals surface area (Å²) in [5.41, 5.74) is 4.85. The third kappa shape index (κ3) is 33.0. The standard InChI is InChI=1S/C23H24Br2O6.C21H20Br2O6.C20H18Br2O6.C19H16Br2O6/c1-22(2,24)20(28)30-16-9-5-14(6-10-16)18(13-19(26)27)15-7-11-17(12-8-15)31-21(29)23(3,4)25;1-12(22)20(26)28-16-7-3-14(4-8-16)18(11-19(24)25)15-5-9-17(10-6-15)29-21(27)13(2)23;1-20(10-17(23)24,13-2-6-15(7-3-13)27-18(25)11-21)14-4-8-16(9-5-14)28-19(26)12-22;20-10-18(24)26-14-5-1-12(2-6-14)16(9-17(22)23)13-3-7-15(8-4-13)27-19(25)11-21/h5-12,18H,13H2,1-4H3,(H,26,27);3-10,12-13,18H,11H2,1-2H3,(H,24,25);2-9H,10-12H2,1H3,(H,23,24);1-8,16H,9-11H2,(H,22,23)/p-4. The van der Waals surface area contributed by atoms with Gasteiger partial charge in [0.05, 0.1) is 0 Å². The summed E-state index contributed by atoms with van der Waals surface area (Å²) in [7, 11) is 0. The van der Waals surface area contributed by atoms with Crippen LogP contribution >= 0.6 is 127 Å². The highest BCUT2D eigenvalue weighted by atomic mass is 79.9. The summed E-state index contributed by atoms with van der Waals surface area (Å²) >= 11 is 24.8. The molecule has 8 aromatic rings. The normalized spacial score (nSPS) is 11.8. The van der Waals surface area contributed by atoms with Crippen molar-refractivity contribution in [3.8, 4) is 46.0 Å². The van der Waals surface area contributed by atoms with Crippen molar-refractivity contribution < 1.29 is 116 Å². The maximum Gasteiger partial charge on any atom is 0.327 e. The zero-order chi connectivity index (χ0) is 85.5. The Morgan fingerprint density at radius 1 is 0.296 bits per heavy atom. The Kier molecular flexibility index (Phi) is 39.4. The van der Waals surface area contributed by atoms with Crippen molar-refractivity contribution in [3.63, 3.8) is 0 Å². The highest BCUT2D eigenvalue weighted by molar-refractivity contribution is 9.11. The first-order valence-electron chi connectivity index (χ1n) is 34.4. The van der Waals surface area contributed by atoms with Gasteiger partial charge in [-0.15, -0.1) is 0 Å². The molecule has 8 rings (SSSR count). The van der Waals surface area contributed by atoms with Crippen molar-refractivity contribution >= 4 is 199 Å². The van der Waals surface area contributed by atoms with Crippen molar-refractivity contribution in [2.45, 2.75) is 116 Å². The fourth-order valence-electron chi connectivity index (χ4n) is 10.3. The number of carboxylic acid groups (broad SMARTS) is 4. The average Bonchev–Trinajstić information content (AvgIpc) is 0.849. The van der Waals surface area contributed by atoms with Gasteiger partial charge < -0.3 is 77.5 Å². The predicted octanol–water partition coefficient (Wildman–Crippen LogP) is 12.7. The van der Waals surface area contributed by atoms with Crippen LogP contribution in [0.3, 0.4) is 0 Å². The molecule has 0 radical (unpaired) electrons. The molecule has 32 heteroatoms. The number of ether oxygens (including phenoxy) is 8. The number of aliphatic carboxylic acids is 4. The topological polar surface area (TPSA) is 371 Å². The number of benzene rings is 8. The van der Waals surface area contributed by atoms with Crippen LogP contribution < -0.4 is 58.3 Å². The molecule has 0 saturated heterocycles. The summed E-state index contributed by atoms with van der Waals surface area (Å²) in [5.74, 6) is -6.75. The van der Waals surface area contributed by atoms with Crippen LogP contribution in [0.15, 0.2) is 194 Å². The Hall–Kier alpha value is -8.76. The van der Waals surface area contributed by atoms with Crippen LogP contribution in [-0.2, 0) is 62.9 Å². The van der Waals surface area contributed by atoms with Crippen LogP contribution in [0.4, 0.5) is 0 Å². The molecule has 0 aliphatic heterocycles. The SMILES string of the molecule is CC(Br)C(=O)Oc1ccc(C(CC(=O)[O-])c2ccc(OC(=O)C(C)Br)cc2)cc1.CC(C)(Br)C(=O)Oc1ccc(C(CC(=O)[O-])c2ccc(OC(=O)C(C)(C)Br)cc2)cc1.CC(CC(=O)[O-])(c1ccc(OC(=O)CBr)cc1)c1ccc(OC(=O)CBr)cc1.O=C([O-])CC(c1ccc(OC(=O)CBr)cc1)c1ccc(OC(=O)CBr)cc1. The maximum atomic E-state index is 12.0. The molecule has 24 nitrogen and oxygen atoms in total. The Morgan fingerprint density at radius 3 is 0.643 bits per heavy atom. The Labute approximate surface area is 730 Å². The second kappa shape index (κ2) is 46.8. The molecule has 0 spiro atoms. The molecule has 0 aliphatic carbocycles. The van der Waals surface area contributed by atoms with Gasteiger partial charge in [-0.05, 0) is 202 Å². The number of alkyl halides is 8. The maximum absolute atomic E-state index is 12.0. The van der Waals surface area contributed by atoms with Crippen molar-refractivity contribution in [1.82, 2.24) is 0 Å². The van der Waals surface area contributed by atoms with E-state index in [1.807, 2.05) is 0 Å². The molecular formula is C83H74Br8O24-4. The van der Waals surface area contributed by atoms with E-state index in [4.69, 9.17) is 37.9 Å². The number of esters is 8. The van der Waals surface area contributed by atoms with Crippen LogP contribution in [0, 0.1) is 0 Å². The summed E-state index contributed by atoms with van der Waals surface area (Å²) in [4.78, 5) is 137.